The normalized spacial score (nSPS) is 9.85. The third kappa shape index (κ3) is 4.19. The second-order valence-corrected chi connectivity index (χ2v) is 5.03. The predicted octanol–water partition coefficient (Wildman–Crippen LogP) is 0.470. The third-order valence-electron chi connectivity index (χ3n) is 2.46. The first-order valence-electron chi connectivity index (χ1n) is 6.20. The average Bonchev–Trinajstić information content (AvgIpc) is 3.12. The minimum atomic E-state index is -0.0746. The lowest BCUT2D eigenvalue weighted by Gasteiger charge is -2.03. The Morgan fingerprint density at radius 1 is 1.50 bits per heavy atom. The summed E-state index contributed by atoms with van der Waals surface area (Å²) in [6.07, 6.45) is 4.23. The Labute approximate surface area is 121 Å². The van der Waals surface area contributed by atoms with Crippen molar-refractivity contribution < 1.29 is 4.79 Å². The molecule has 0 unspecified atom stereocenters. The number of aromatic nitrogens is 3. The van der Waals surface area contributed by atoms with E-state index in [-0.39, 0.29) is 5.91 Å². The summed E-state index contributed by atoms with van der Waals surface area (Å²) in [5.41, 5.74) is 5.30. The van der Waals surface area contributed by atoms with Gasteiger partial charge in [-0.2, -0.15) is 0 Å². The number of nitrogens with one attached hydrogen (secondary N) is 1. The fraction of sp³-hybridized carbons (Fsp3) is 0.308. The molecule has 0 bridgehead atoms. The van der Waals surface area contributed by atoms with Crippen LogP contribution in [0.4, 0.5) is 0 Å². The van der Waals surface area contributed by atoms with Crippen LogP contribution in [0.3, 0.4) is 0 Å². The molecule has 0 aromatic carbocycles. The van der Waals surface area contributed by atoms with E-state index < -0.39 is 0 Å². The van der Waals surface area contributed by atoms with Crippen LogP contribution in [-0.4, -0.2) is 34.0 Å². The van der Waals surface area contributed by atoms with Gasteiger partial charge in [-0.15, -0.1) is 16.4 Å². The molecular weight excluding hydrogens is 274 g/mol. The predicted molar refractivity (Wildman–Crippen MR) is 77.2 cm³/mol. The maximum Gasteiger partial charge on any atom is 0.261 e. The quantitative estimate of drug-likeness (QED) is 0.619. The zero-order valence-electron chi connectivity index (χ0n) is 10.9. The van der Waals surface area contributed by atoms with E-state index in [1.807, 2.05) is 6.07 Å². The van der Waals surface area contributed by atoms with Crippen LogP contribution >= 0.6 is 11.3 Å². The summed E-state index contributed by atoms with van der Waals surface area (Å²) in [5.74, 6) is 5.60. The summed E-state index contributed by atoms with van der Waals surface area (Å²) in [5, 5.41) is 10.4. The van der Waals surface area contributed by atoms with Crippen molar-refractivity contribution in [3.8, 4) is 11.8 Å². The molecule has 2 heterocycles. The van der Waals surface area contributed by atoms with Gasteiger partial charge in [-0.1, -0.05) is 17.1 Å². The van der Waals surface area contributed by atoms with Crippen LogP contribution in [-0.2, 0) is 6.54 Å². The van der Waals surface area contributed by atoms with Crippen molar-refractivity contribution >= 4 is 17.2 Å². The highest BCUT2D eigenvalue weighted by Gasteiger charge is 2.07. The smallest absolute Gasteiger partial charge is 0.261 e. The molecule has 1 amide bonds. The first kappa shape index (κ1) is 14.2. The van der Waals surface area contributed by atoms with Crippen LogP contribution in [0.2, 0.25) is 0 Å². The molecule has 0 aliphatic rings. The van der Waals surface area contributed by atoms with Crippen LogP contribution in [0.1, 0.15) is 21.0 Å². The summed E-state index contributed by atoms with van der Waals surface area (Å²) in [6, 6.07) is 3.61. The first-order valence-corrected chi connectivity index (χ1v) is 7.02. The monoisotopic (exact) mass is 289 g/mol. The largest absolute Gasteiger partial charge is 0.351 e. The molecule has 2 rings (SSSR count). The number of aryl methyl sites for hydroxylation is 1. The van der Waals surface area contributed by atoms with E-state index in [0.717, 1.165) is 17.8 Å². The van der Waals surface area contributed by atoms with Gasteiger partial charge in [0.1, 0.15) is 0 Å². The van der Waals surface area contributed by atoms with Crippen molar-refractivity contribution in [3.63, 3.8) is 0 Å². The van der Waals surface area contributed by atoms with Crippen LogP contribution in [0.15, 0.2) is 24.5 Å². The van der Waals surface area contributed by atoms with Crippen molar-refractivity contribution in [3.05, 3.63) is 34.3 Å². The van der Waals surface area contributed by atoms with Crippen LogP contribution in [0.25, 0.3) is 0 Å². The third-order valence-corrected chi connectivity index (χ3v) is 3.46. The highest BCUT2D eigenvalue weighted by molar-refractivity contribution is 7.14. The highest BCUT2D eigenvalue weighted by Crippen LogP contribution is 2.15. The summed E-state index contributed by atoms with van der Waals surface area (Å²) in [4.78, 5) is 13.4. The Hall–Kier alpha value is -2.17. The lowest BCUT2D eigenvalue weighted by atomic mass is 10.3. The van der Waals surface area contributed by atoms with Gasteiger partial charge in [-0.25, -0.2) is 0 Å². The second kappa shape index (κ2) is 7.43. The van der Waals surface area contributed by atoms with E-state index in [4.69, 9.17) is 5.73 Å². The number of thiophene rings is 1. The zero-order chi connectivity index (χ0) is 14.2. The number of rotatable bonds is 5. The second-order valence-electron chi connectivity index (χ2n) is 3.95. The summed E-state index contributed by atoms with van der Waals surface area (Å²) < 4.78 is 1.73. The van der Waals surface area contributed by atoms with Gasteiger partial charge in [-0.05, 0) is 18.6 Å². The number of nitrogens with zero attached hydrogens (tertiary/aromatic N) is 3. The summed E-state index contributed by atoms with van der Waals surface area (Å²) in [7, 11) is 0. The maximum absolute atomic E-state index is 11.9. The minimum absolute atomic E-state index is 0.0746. The molecule has 0 aliphatic carbocycles. The molecular formula is C13H15N5OS. The van der Waals surface area contributed by atoms with Crippen LogP contribution < -0.4 is 11.1 Å². The minimum Gasteiger partial charge on any atom is -0.351 e. The Morgan fingerprint density at radius 3 is 3.15 bits per heavy atom. The molecule has 0 fully saturated rings. The summed E-state index contributed by atoms with van der Waals surface area (Å²) in [6.45, 7) is 1.65. The Bertz CT molecular complexity index is 608. The zero-order valence-corrected chi connectivity index (χ0v) is 11.7. The molecule has 0 radical (unpaired) electrons. The highest BCUT2D eigenvalue weighted by atomic mass is 32.1. The molecule has 0 spiro atoms. The van der Waals surface area contributed by atoms with Gasteiger partial charge in [0.15, 0.2) is 0 Å². The van der Waals surface area contributed by atoms with Gasteiger partial charge < -0.3 is 11.1 Å². The van der Waals surface area contributed by atoms with Gasteiger partial charge in [0.25, 0.3) is 5.91 Å². The van der Waals surface area contributed by atoms with E-state index in [0.29, 0.717) is 18.0 Å². The molecule has 0 saturated carbocycles. The molecule has 0 aliphatic heterocycles. The number of carbonyl (C=O) groups excluding carboxylic acids is 1. The number of hydrogen-bond acceptors (Lipinski definition) is 5. The topological polar surface area (TPSA) is 85.8 Å². The molecule has 20 heavy (non-hydrogen) atoms. The number of nitrogens with two attached hydrogens (primary N) is 1. The molecule has 6 nitrogen and oxygen atoms in total. The fourth-order valence-corrected chi connectivity index (χ4v) is 2.34. The van der Waals surface area contributed by atoms with Crippen molar-refractivity contribution in [2.24, 2.45) is 5.73 Å². The lowest BCUT2D eigenvalue weighted by Crippen LogP contribution is -2.24. The van der Waals surface area contributed by atoms with E-state index in [1.54, 1.807) is 23.1 Å². The molecule has 2 aromatic heterocycles. The van der Waals surface area contributed by atoms with E-state index in [9.17, 15) is 4.79 Å². The van der Waals surface area contributed by atoms with Crippen molar-refractivity contribution in [2.45, 2.75) is 13.0 Å². The Kier molecular flexibility index (Phi) is 5.29. The molecule has 2 aromatic rings. The van der Waals surface area contributed by atoms with Crippen molar-refractivity contribution in [2.75, 3.05) is 13.1 Å². The van der Waals surface area contributed by atoms with Crippen molar-refractivity contribution in [1.29, 1.82) is 0 Å². The standard InChI is InChI=1S/C13H15N5OS/c14-6-1-3-11-4-5-12(20-11)13(19)15-7-2-9-18-10-8-16-17-18/h4-5,8,10H,2,6-7,9,14H2,(H,15,19). The fourth-order valence-electron chi connectivity index (χ4n) is 1.55. The number of carbonyl (C=O) groups is 1. The van der Waals surface area contributed by atoms with Gasteiger partial charge in [-0.3, -0.25) is 9.48 Å². The van der Waals surface area contributed by atoms with E-state index in [1.165, 1.54) is 11.3 Å². The van der Waals surface area contributed by atoms with Gasteiger partial charge in [0.05, 0.1) is 22.5 Å². The Morgan fingerprint density at radius 2 is 2.40 bits per heavy atom. The maximum atomic E-state index is 11.9. The van der Waals surface area contributed by atoms with Crippen LogP contribution in [0, 0.1) is 11.8 Å². The molecule has 7 heteroatoms. The van der Waals surface area contributed by atoms with Gasteiger partial charge >= 0.3 is 0 Å². The van der Waals surface area contributed by atoms with Crippen LogP contribution in [0.5, 0.6) is 0 Å². The average molecular weight is 289 g/mol. The molecule has 104 valence electrons. The molecule has 0 atom stereocenters. The Balaban J connectivity index is 1.75. The van der Waals surface area contributed by atoms with E-state index in [2.05, 4.69) is 27.5 Å². The number of amides is 1. The first-order chi connectivity index (χ1) is 9.79. The lowest BCUT2D eigenvalue weighted by molar-refractivity contribution is 0.0956. The summed E-state index contributed by atoms with van der Waals surface area (Å²) >= 11 is 1.37. The number of hydrogen-bond donors (Lipinski definition) is 2. The van der Waals surface area contributed by atoms with Gasteiger partial charge in [0.2, 0.25) is 0 Å². The van der Waals surface area contributed by atoms with E-state index >= 15 is 0 Å². The van der Waals surface area contributed by atoms with Gasteiger partial charge in [0, 0.05) is 19.3 Å². The molecule has 0 saturated heterocycles. The molecule has 3 N–H and O–H groups in total. The van der Waals surface area contributed by atoms with Crippen molar-refractivity contribution in [1.82, 2.24) is 20.3 Å². The SMILES string of the molecule is NCC#Cc1ccc(C(=O)NCCCn2ccnn2)s1.